The Labute approximate surface area is 139 Å². The van der Waals surface area contributed by atoms with Crippen LogP contribution in [0.2, 0.25) is 0 Å². The number of carbonyl (C=O) groups excluding carboxylic acids is 1. The van der Waals surface area contributed by atoms with Crippen molar-refractivity contribution in [3.05, 3.63) is 48.0 Å². The molecule has 1 aromatic carbocycles. The highest BCUT2D eigenvalue weighted by molar-refractivity contribution is 7.91. The molecule has 136 valence electrons. The number of benzene rings is 1. The van der Waals surface area contributed by atoms with E-state index in [1.165, 1.54) is 6.92 Å². The largest absolute Gasteiger partial charge is 0.435 e. The van der Waals surface area contributed by atoms with Gasteiger partial charge in [-0.3, -0.25) is 14.2 Å². The fourth-order valence-electron chi connectivity index (χ4n) is 1.74. The lowest BCUT2D eigenvalue weighted by atomic mass is 10.3. The molecule has 0 radical (unpaired) electrons. The molecule has 12 heteroatoms. The highest BCUT2D eigenvalue weighted by atomic mass is 32.2. The number of nitrogens with zero attached hydrogens (tertiary/aromatic N) is 2. The number of halogens is 4. The van der Waals surface area contributed by atoms with E-state index in [0.717, 1.165) is 30.5 Å². The molecular weight excluding hydrogens is 368 g/mol. The second-order valence-corrected chi connectivity index (χ2v) is 6.35. The summed E-state index contributed by atoms with van der Waals surface area (Å²) in [6, 6.07) is 3.61. The van der Waals surface area contributed by atoms with E-state index < -0.39 is 39.8 Å². The number of amides is 1. The molecule has 0 spiro atoms. The maximum Gasteiger partial charge on any atom is 0.435 e. The van der Waals surface area contributed by atoms with Crippen LogP contribution in [0.4, 0.5) is 23.2 Å². The zero-order chi connectivity index (χ0) is 18.8. The molecule has 0 aliphatic rings. The van der Waals surface area contributed by atoms with Crippen LogP contribution in [0.3, 0.4) is 0 Å². The lowest BCUT2D eigenvalue weighted by Crippen LogP contribution is -2.39. The van der Waals surface area contributed by atoms with Crippen molar-refractivity contribution in [3.8, 4) is 0 Å². The van der Waals surface area contributed by atoms with Crippen molar-refractivity contribution in [2.45, 2.75) is 19.1 Å². The maximum absolute atomic E-state index is 12.8. The van der Waals surface area contributed by atoms with Crippen molar-refractivity contribution in [2.24, 2.45) is 0 Å². The minimum Gasteiger partial charge on any atom is -0.271 e. The Hall–Kier alpha value is -2.63. The summed E-state index contributed by atoms with van der Waals surface area (Å²) in [4.78, 5) is 11.9. The van der Waals surface area contributed by atoms with Crippen molar-refractivity contribution in [3.63, 3.8) is 0 Å². The van der Waals surface area contributed by atoms with Gasteiger partial charge in [-0.05, 0) is 37.3 Å². The van der Waals surface area contributed by atoms with Gasteiger partial charge in [0.25, 0.3) is 5.91 Å². The quantitative estimate of drug-likeness (QED) is 0.777. The minimum absolute atomic E-state index is 0.00667. The molecule has 7 nitrogen and oxygen atoms in total. The van der Waals surface area contributed by atoms with Crippen molar-refractivity contribution in [1.29, 1.82) is 0 Å². The molecule has 0 saturated heterocycles. The SMILES string of the molecule is CC(C(=O)NS(=O)(=O)Nc1ccc(F)cc1)n1ccc(C(F)(F)F)n1. The smallest absolute Gasteiger partial charge is 0.271 e. The number of carbonyl (C=O) groups is 1. The third-order valence-corrected chi connectivity index (χ3v) is 3.98. The first kappa shape index (κ1) is 18.7. The van der Waals surface area contributed by atoms with Crippen LogP contribution < -0.4 is 9.44 Å². The molecular formula is C13H12F4N4O3S. The molecule has 1 amide bonds. The van der Waals surface area contributed by atoms with Crippen LogP contribution in [0, 0.1) is 5.82 Å². The van der Waals surface area contributed by atoms with E-state index in [1.807, 2.05) is 4.72 Å². The Morgan fingerprint density at radius 2 is 1.80 bits per heavy atom. The highest BCUT2D eigenvalue weighted by Crippen LogP contribution is 2.27. The molecule has 1 heterocycles. The summed E-state index contributed by atoms with van der Waals surface area (Å²) in [6.07, 6.45) is -3.77. The molecule has 2 rings (SSSR count). The summed E-state index contributed by atoms with van der Waals surface area (Å²) in [6.45, 7) is 1.18. The lowest BCUT2D eigenvalue weighted by molar-refractivity contribution is -0.142. The summed E-state index contributed by atoms with van der Waals surface area (Å²) < 4.78 is 78.3. The van der Waals surface area contributed by atoms with Gasteiger partial charge >= 0.3 is 16.4 Å². The normalized spacial score (nSPS) is 13.3. The van der Waals surface area contributed by atoms with E-state index in [1.54, 1.807) is 4.72 Å². The zero-order valence-corrected chi connectivity index (χ0v) is 13.4. The minimum atomic E-state index is -4.68. The van der Waals surface area contributed by atoms with Crippen LogP contribution in [0.1, 0.15) is 18.7 Å². The van der Waals surface area contributed by atoms with Crippen LogP contribution in [-0.4, -0.2) is 24.1 Å². The first-order valence-electron chi connectivity index (χ1n) is 6.70. The summed E-state index contributed by atoms with van der Waals surface area (Å²) in [7, 11) is -4.36. The molecule has 1 aromatic heterocycles. The summed E-state index contributed by atoms with van der Waals surface area (Å²) in [5.74, 6) is -1.69. The summed E-state index contributed by atoms with van der Waals surface area (Å²) in [5.41, 5.74) is -1.22. The molecule has 0 bridgehead atoms. The fourth-order valence-corrected chi connectivity index (χ4v) is 2.67. The van der Waals surface area contributed by atoms with E-state index in [0.29, 0.717) is 10.7 Å². The molecule has 2 aromatic rings. The Kier molecular flexibility index (Phi) is 5.02. The van der Waals surface area contributed by atoms with Gasteiger partial charge in [0.05, 0.1) is 5.69 Å². The highest BCUT2D eigenvalue weighted by Gasteiger charge is 2.34. The van der Waals surface area contributed by atoms with Crippen molar-refractivity contribution < 1.29 is 30.8 Å². The van der Waals surface area contributed by atoms with Crippen molar-refractivity contribution in [1.82, 2.24) is 14.5 Å². The molecule has 1 unspecified atom stereocenters. The maximum atomic E-state index is 12.8. The summed E-state index contributed by atoms with van der Waals surface area (Å²) >= 11 is 0. The van der Waals surface area contributed by atoms with E-state index >= 15 is 0 Å². The van der Waals surface area contributed by atoms with E-state index in [4.69, 9.17) is 0 Å². The number of hydrogen-bond acceptors (Lipinski definition) is 4. The van der Waals surface area contributed by atoms with Crippen LogP contribution in [0.15, 0.2) is 36.5 Å². The van der Waals surface area contributed by atoms with Crippen LogP contribution in [0.5, 0.6) is 0 Å². The number of rotatable bonds is 5. The molecule has 1 atom stereocenters. The third-order valence-electron chi connectivity index (χ3n) is 3.01. The first-order valence-corrected chi connectivity index (χ1v) is 8.18. The van der Waals surface area contributed by atoms with E-state index in [-0.39, 0.29) is 5.69 Å². The monoisotopic (exact) mass is 380 g/mol. The Morgan fingerprint density at radius 3 is 2.32 bits per heavy atom. The molecule has 0 fully saturated rings. The molecule has 0 aliphatic carbocycles. The number of anilines is 1. The standard InChI is InChI=1S/C13H12F4N4O3S/c1-8(21-7-6-11(18-21)13(15,16)17)12(22)20-25(23,24)19-10-4-2-9(14)3-5-10/h2-8,19H,1H3,(H,20,22). The van der Waals surface area contributed by atoms with Gasteiger partial charge < -0.3 is 0 Å². The Morgan fingerprint density at radius 1 is 1.20 bits per heavy atom. The first-order chi connectivity index (χ1) is 11.5. The van der Waals surface area contributed by atoms with Crippen molar-refractivity contribution in [2.75, 3.05) is 4.72 Å². The van der Waals surface area contributed by atoms with Crippen LogP contribution in [0.25, 0.3) is 0 Å². The van der Waals surface area contributed by atoms with Gasteiger partial charge in [0.15, 0.2) is 5.69 Å². The lowest BCUT2D eigenvalue weighted by Gasteiger charge is -2.14. The van der Waals surface area contributed by atoms with E-state index in [9.17, 15) is 30.8 Å². The van der Waals surface area contributed by atoms with Crippen LogP contribution >= 0.6 is 0 Å². The topological polar surface area (TPSA) is 93.1 Å². The van der Waals surface area contributed by atoms with E-state index in [2.05, 4.69) is 5.10 Å². The van der Waals surface area contributed by atoms with Crippen LogP contribution in [-0.2, 0) is 21.2 Å². The number of alkyl halides is 3. The van der Waals surface area contributed by atoms with Gasteiger partial charge in [0, 0.05) is 6.20 Å². The molecule has 25 heavy (non-hydrogen) atoms. The third kappa shape index (κ3) is 4.92. The Bertz CT molecular complexity index is 862. The summed E-state index contributed by atoms with van der Waals surface area (Å²) in [5, 5.41) is 3.20. The van der Waals surface area contributed by atoms with Gasteiger partial charge in [-0.2, -0.15) is 26.7 Å². The second-order valence-electron chi connectivity index (χ2n) is 4.93. The fraction of sp³-hybridized carbons (Fsp3) is 0.231. The van der Waals surface area contributed by atoms with Gasteiger partial charge in [-0.25, -0.2) is 9.11 Å². The average molecular weight is 380 g/mol. The number of hydrogen-bond donors (Lipinski definition) is 2. The van der Waals surface area contributed by atoms with Gasteiger partial charge in [0.1, 0.15) is 11.9 Å². The number of nitrogens with one attached hydrogen (secondary N) is 2. The predicted octanol–water partition coefficient (Wildman–Crippen LogP) is 2.08. The van der Waals surface area contributed by atoms with Gasteiger partial charge in [-0.1, -0.05) is 0 Å². The van der Waals surface area contributed by atoms with Gasteiger partial charge in [0.2, 0.25) is 0 Å². The predicted molar refractivity (Wildman–Crippen MR) is 79.0 cm³/mol. The molecule has 2 N–H and O–H groups in total. The average Bonchev–Trinajstić information content (AvgIpc) is 2.98. The number of aromatic nitrogens is 2. The zero-order valence-electron chi connectivity index (χ0n) is 12.6. The molecule has 0 aliphatic heterocycles. The Balaban J connectivity index is 2.07. The van der Waals surface area contributed by atoms with Crippen molar-refractivity contribution >= 4 is 21.8 Å². The van der Waals surface area contributed by atoms with Gasteiger partial charge in [-0.15, -0.1) is 0 Å². The molecule has 0 saturated carbocycles. The second kappa shape index (κ2) is 6.70.